The summed E-state index contributed by atoms with van der Waals surface area (Å²) in [5, 5.41) is 8.33. The second-order valence-corrected chi connectivity index (χ2v) is 17.8. The van der Waals surface area contributed by atoms with Crippen LogP contribution in [-0.4, -0.2) is 112 Å². The lowest BCUT2D eigenvalue weighted by Crippen LogP contribution is -2.74. The molecule has 60 heavy (non-hydrogen) atoms. The Morgan fingerprint density at radius 1 is 0.883 bits per heavy atom. The molecule has 13 heteroatoms. The van der Waals surface area contributed by atoms with E-state index in [2.05, 4.69) is 64.3 Å². The number of aryl methyl sites for hydroxylation is 2. The van der Waals surface area contributed by atoms with Crippen LogP contribution in [0.25, 0.3) is 0 Å². The van der Waals surface area contributed by atoms with Crippen LogP contribution in [-0.2, 0) is 14.3 Å². The maximum Gasteiger partial charge on any atom is 0.252 e. The molecule has 3 aromatic rings. The summed E-state index contributed by atoms with van der Waals surface area (Å²) < 4.78 is 18.5. The summed E-state index contributed by atoms with van der Waals surface area (Å²) in [5.41, 5.74) is 5.28. The van der Waals surface area contributed by atoms with E-state index >= 15 is 0 Å². The van der Waals surface area contributed by atoms with Gasteiger partial charge in [0.05, 0.1) is 25.5 Å². The summed E-state index contributed by atoms with van der Waals surface area (Å²) in [6.45, 7) is 18.8. The summed E-state index contributed by atoms with van der Waals surface area (Å²) in [6.07, 6.45) is 6.10. The molecule has 318 valence electrons. The summed E-state index contributed by atoms with van der Waals surface area (Å²) in [7, 11) is 1.58. The molecule has 0 aromatic heterocycles. The van der Waals surface area contributed by atoms with Crippen LogP contribution in [0.3, 0.4) is 0 Å². The molecule has 3 heterocycles. The minimum absolute atomic E-state index is 0.0336. The fourth-order valence-corrected chi connectivity index (χ4v) is 9.87. The number of hydrogen-bond donors (Lipinski definition) is 3. The van der Waals surface area contributed by atoms with Crippen LogP contribution in [0.2, 0.25) is 0 Å². The number of carbonyl (C=O) groups is 4. The molecule has 3 aliphatic heterocycles. The van der Waals surface area contributed by atoms with E-state index in [4.69, 9.17) is 20.6 Å². The lowest BCUT2D eigenvalue weighted by atomic mass is 9.49. The van der Waals surface area contributed by atoms with Gasteiger partial charge in [-0.25, -0.2) is 0 Å². The van der Waals surface area contributed by atoms with Crippen molar-refractivity contribution < 1.29 is 33.4 Å². The highest BCUT2D eigenvalue weighted by atomic mass is 16.5. The van der Waals surface area contributed by atoms with Gasteiger partial charge in [-0.05, 0) is 86.0 Å². The standard InChI is InChI=1S/C47H58N6O7/c1-9-36-29(2)24-34(25-30(36)3)60-45-46(4,5)44(47(45,6)7)50-41(55)31-10-13-33(14-11-31)53-22-23-59-35(28-53)27-51-18-20-52(21-19-51)38-16-12-32(26-39(38)58-8)42(56)48-37-15-17-40(54)49-43(37)57/h1,10-14,16,24-26,35,37,44-45H,15,17-23,27-28H2,2-8H3,(H,48,56)(H,50,55)(H,49,54,57)/t35-,37?,44?,45?/m0/s1. The van der Waals surface area contributed by atoms with Crippen LogP contribution in [0, 0.1) is 37.0 Å². The number of carbonyl (C=O) groups excluding carboxylic acids is 4. The zero-order valence-corrected chi connectivity index (χ0v) is 35.9. The van der Waals surface area contributed by atoms with E-state index in [1.54, 1.807) is 19.2 Å². The number of morpholine rings is 1. The topological polar surface area (TPSA) is 142 Å². The van der Waals surface area contributed by atoms with Gasteiger partial charge in [-0.2, -0.15) is 0 Å². The molecule has 3 aromatic carbocycles. The van der Waals surface area contributed by atoms with Crippen LogP contribution >= 0.6 is 0 Å². The number of methoxy groups -OCH3 is 1. The number of piperidine rings is 1. The Hall–Kier alpha value is -5.58. The molecule has 0 radical (unpaired) electrons. The van der Waals surface area contributed by atoms with E-state index in [9.17, 15) is 19.2 Å². The minimum atomic E-state index is -0.748. The van der Waals surface area contributed by atoms with E-state index in [-0.39, 0.29) is 53.7 Å². The number of nitrogens with one attached hydrogen (secondary N) is 3. The van der Waals surface area contributed by atoms with Crippen LogP contribution in [0.1, 0.15) is 77.9 Å². The van der Waals surface area contributed by atoms with E-state index in [0.29, 0.717) is 23.5 Å². The van der Waals surface area contributed by atoms with Crippen LogP contribution in [0.5, 0.6) is 11.5 Å². The number of anilines is 2. The Labute approximate surface area is 353 Å². The third kappa shape index (κ3) is 8.67. The van der Waals surface area contributed by atoms with Gasteiger partial charge in [-0.3, -0.25) is 29.4 Å². The van der Waals surface area contributed by atoms with Gasteiger partial charge in [0.25, 0.3) is 11.8 Å². The molecule has 7 rings (SSSR count). The van der Waals surface area contributed by atoms with Gasteiger partial charge in [0, 0.05) is 91.5 Å². The Bertz CT molecular complexity index is 2130. The zero-order valence-electron chi connectivity index (χ0n) is 35.9. The normalized spacial score (nSPS) is 23.8. The number of imide groups is 1. The molecule has 3 saturated heterocycles. The van der Waals surface area contributed by atoms with Gasteiger partial charge in [-0.15, -0.1) is 6.42 Å². The van der Waals surface area contributed by atoms with E-state index in [1.165, 1.54) is 0 Å². The maximum atomic E-state index is 13.6. The highest BCUT2D eigenvalue weighted by Crippen LogP contribution is 2.55. The average Bonchev–Trinajstić information content (AvgIpc) is 3.22. The van der Waals surface area contributed by atoms with Crippen molar-refractivity contribution in [2.75, 3.05) is 69.3 Å². The van der Waals surface area contributed by atoms with Crippen molar-refractivity contribution in [3.8, 4) is 23.8 Å². The van der Waals surface area contributed by atoms with Crippen LogP contribution in [0.4, 0.5) is 11.4 Å². The van der Waals surface area contributed by atoms with Crippen molar-refractivity contribution in [3.05, 3.63) is 82.4 Å². The van der Waals surface area contributed by atoms with Crippen molar-refractivity contribution >= 4 is 35.0 Å². The van der Waals surface area contributed by atoms with E-state index < -0.39 is 17.9 Å². The second kappa shape index (κ2) is 17.2. The fraction of sp³-hybridized carbons (Fsp3) is 0.489. The third-order valence-corrected chi connectivity index (χ3v) is 12.8. The molecule has 1 saturated carbocycles. The van der Waals surface area contributed by atoms with E-state index in [0.717, 1.165) is 79.6 Å². The molecule has 13 nitrogen and oxygen atoms in total. The molecule has 1 unspecified atom stereocenters. The van der Waals surface area contributed by atoms with Crippen molar-refractivity contribution in [1.82, 2.24) is 20.9 Å². The Balaban J connectivity index is 0.889. The highest BCUT2D eigenvalue weighted by Gasteiger charge is 2.64. The molecular weight excluding hydrogens is 761 g/mol. The largest absolute Gasteiger partial charge is 0.495 e. The molecule has 0 bridgehead atoms. The average molecular weight is 819 g/mol. The summed E-state index contributed by atoms with van der Waals surface area (Å²) >= 11 is 0. The number of nitrogens with zero attached hydrogens (tertiary/aromatic N) is 3. The first-order valence-electron chi connectivity index (χ1n) is 20.9. The number of benzene rings is 3. The first-order valence-corrected chi connectivity index (χ1v) is 20.9. The summed E-state index contributed by atoms with van der Waals surface area (Å²) in [5.74, 6) is 2.84. The predicted molar refractivity (Wildman–Crippen MR) is 231 cm³/mol. The number of terminal acetylenes is 1. The quantitative estimate of drug-likeness (QED) is 0.188. The number of piperazine rings is 1. The third-order valence-electron chi connectivity index (χ3n) is 12.8. The first-order chi connectivity index (χ1) is 28.6. The first kappa shape index (κ1) is 42.5. The van der Waals surface area contributed by atoms with Crippen molar-refractivity contribution in [2.24, 2.45) is 10.8 Å². The lowest BCUT2D eigenvalue weighted by molar-refractivity contribution is -0.164. The zero-order chi connectivity index (χ0) is 42.9. The molecule has 2 atom stereocenters. The van der Waals surface area contributed by atoms with Crippen LogP contribution in [0.15, 0.2) is 54.6 Å². The second-order valence-electron chi connectivity index (χ2n) is 17.8. The molecule has 4 aliphatic rings. The Kier molecular flexibility index (Phi) is 12.2. The molecule has 3 N–H and O–H groups in total. The van der Waals surface area contributed by atoms with Gasteiger partial charge in [0.15, 0.2) is 0 Å². The minimum Gasteiger partial charge on any atom is -0.495 e. The van der Waals surface area contributed by atoms with E-state index in [1.807, 2.05) is 56.3 Å². The van der Waals surface area contributed by atoms with Crippen molar-refractivity contribution in [2.45, 2.75) is 78.7 Å². The lowest BCUT2D eigenvalue weighted by Gasteiger charge is -2.63. The molecule has 1 aliphatic carbocycles. The van der Waals surface area contributed by atoms with Gasteiger partial charge in [-0.1, -0.05) is 33.6 Å². The summed E-state index contributed by atoms with van der Waals surface area (Å²) in [4.78, 5) is 57.2. The smallest absolute Gasteiger partial charge is 0.252 e. The monoisotopic (exact) mass is 818 g/mol. The SMILES string of the molecule is C#Cc1c(C)cc(OC2C(C)(C)C(NC(=O)c3ccc(N4CCO[C@@H](CN5CCN(c6ccc(C(=O)NC7CCC(=O)NC7=O)cc6OC)CC5)C4)cc3)C2(C)C)cc1C. The van der Waals surface area contributed by atoms with Gasteiger partial charge < -0.3 is 34.6 Å². The maximum absolute atomic E-state index is 13.6. The Morgan fingerprint density at radius 3 is 2.17 bits per heavy atom. The molecule has 0 spiro atoms. The molecule has 4 amide bonds. The number of rotatable bonds is 11. The van der Waals surface area contributed by atoms with Gasteiger partial charge in [0.2, 0.25) is 11.8 Å². The van der Waals surface area contributed by atoms with Gasteiger partial charge in [0.1, 0.15) is 23.6 Å². The summed E-state index contributed by atoms with van der Waals surface area (Å²) in [6, 6.07) is 16.3. The van der Waals surface area contributed by atoms with Crippen molar-refractivity contribution in [3.63, 3.8) is 0 Å². The highest BCUT2D eigenvalue weighted by molar-refractivity contribution is 6.04. The fourth-order valence-electron chi connectivity index (χ4n) is 9.87. The number of hydrogen-bond acceptors (Lipinski definition) is 10. The predicted octanol–water partition coefficient (Wildman–Crippen LogP) is 4.47. The number of amides is 4. The van der Waals surface area contributed by atoms with Crippen molar-refractivity contribution in [1.29, 1.82) is 0 Å². The molecular formula is C47H58N6O7. The number of ether oxygens (including phenoxy) is 3. The van der Waals surface area contributed by atoms with Gasteiger partial charge >= 0.3 is 0 Å². The molecule has 4 fully saturated rings. The Morgan fingerprint density at radius 2 is 1.53 bits per heavy atom. The van der Waals surface area contributed by atoms with Crippen LogP contribution < -0.4 is 35.2 Å².